The van der Waals surface area contributed by atoms with Gasteiger partial charge in [-0.3, -0.25) is 0 Å². The molecular weight excluding hydrogens is 1380 g/mol. The minimum atomic E-state index is 0.0274. The molecule has 0 aliphatic heterocycles. The first-order valence-corrected chi connectivity index (χ1v) is 47.5. The third kappa shape index (κ3) is 170. The third-order valence-electron chi connectivity index (χ3n) is 17.9. The summed E-state index contributed by atoms with van der Waals surface area (Å²) in [5, 5.41) is 8.40. The number of aliphatic hydroxyl groups is 1. The number of hydrogen-bond donors (Lipinski definition) is 1. The van der Waals surface area contributed by atoms with Crippen molar-refractivity contribution in [1.29, 1.82) is 0 Å². The molecule has 3 unspecified atom stereocenters. The van der Waals surface area contributed by atoms with Gasteiger partial charge in [0.1, 0.15) is 0 Å². The van der Waals surface area contributed by atoms with E-state index >= 15 is 0 Å². The van der Waals surface area contributed by atoms with E-state index in [1.54, 1.807) is 0 Å². The van der Waals surface area contributed by atoms with Crippen molar-refractivity contribution in [2.75, 3.05) is 33.0 Å². The van der Waals surface area contributed by atoms with Crippen molar-refractivity contribution in [3.8, 4) is 0 Å². The number of aliphatic hydroxyl groups excluding tert-OH is 1. The van der Waals surface area contributed by atoms with Crippen molar-refractivity contribution >= 4 is 0 Å². The van der Waals surface area contributed by atoms with Crippen LogP contribution in [0.1, 0.15) is 547 Å². The van der Waals surface area contributed by atoms with Crippen LogP contribution in [0.5, 0.6) is 0 Å². The van der Waals surface area contributed by atoms with Gasteiger partial charge in [-0.25, -0.2) is 0 Å². The van der Waals surface area contributed by atoms with Crippen molar-refractivity contribution in [3.05, 3.63) is 35.9 Å². The Morgan fingerprint density at radius 1 is 0.274 bits per heavy atom. The second kappa shape index (κ2) is 74.8. The predicted octanol–water partition coefficient (Wildman–Crippen LogP) is 38.3. The SMILES string of the molecule is CC(C)(C)C.CC(C)(C)C(C)(C)C.CC(C)(C)CCO.CC(C)(C)c1ccccc1.CCC(C)(C)C.CCCC(C)(C)C.CCCC(C)(C)C.CCCCC(C)(C)C.CCCCC(CC)CC(C)(C)C.CCCCC(CC)COC(C)(C)C.CCCCC(CC)COC(C)(C)C.CCCCOC(C)(C)C.CCCOC(C)(C)C. The van der Waals surface area contributed by atoms with Crippen molar-refractivity contribution in [3.63, 3.8) is 0 Å². The standard InChI is InChI=1S/2C12H26O.C12H26.C10H14.C8H18O.2C8H18.C7H16O.2C7H16.C6H14O.C6H14.C5H12/c2*1-6-8-9-11(7-2)10-13-12(3,4)5;1-6-8-9-11(7-2)10-12(3,4)5;1-10(2,3)9-7-5-4-6-8-9;1-5-6-7-9-8(2,3)4;1-7(2,3)8(4,5)6;1-5-6-7-8(2,3)4;1-5-6-8-7(2,3)4;2*1-5-6-7(2,3)4;1-6(2,3)4-5-7;1-5-6(2,3)4;1-5(2,3)4/h2*11H,6-10H2,1-5H3;11H,6-10H2,1-5H3;4-8H,1-3H3;5-7H2,1-4H3;1-6H3;5-7H2,1-4H3;5-6H2,1-4H3;2*5-6H2,1-4H3;7H,4-5H2,1-3H3;5H2,1-4H3;1-4H3. The molecule has 0 saturated heterocycles. The molecule has 1 N–H and O–H groups in total. The fraction of sp³-hybridized carbons (Fsp3) is 0.944. The van der Waals surface area contributed by atoms with Gasteiger partial charge in [0.25, 0.3) is 0 Å². The van der Waals surface area contributed by atoms with Gasteiger partial charge in [-0.15, -0.1) is 0 Å². The molecule has 0 spiro atoms. The quantitative estimate of drug-likeness (QED) is 0.0890. The molecule has 0 aromatic heterocycles. The summed E-state index contributed by atoms with van der Waals surface area (Å²) in [4.78, 5) is 0. The lowest BCUT2D eigenvalue weighted by atomic mass is 9.71. The lowest BCUT2D eigenvalue weighted by molar-refractivity contribution is -0.0246. The predicted molar refractivity (Wildman–Crippen MR) is 530 cm³/mol. The minimum absolute atomic E-state index is 0.0274. The molecule has 1 rings (SSSR count). The molecule has 0 aliphatic carbocycles. The van der Waals surface area contributed by atoms with Crippen LogP contribution in [0, 0.1) is 66.5 Å². The van der Waals surface area contributed by atoms with Crippen molar-refractivity contribution in [2.24, 2.45) is 66.5 Å². The van der Waals surface area contributed by atoms with Gasteiger partial charge in [-0.05, 0) is 218 Å². The van der Waals surface area contributed by atoms with E-state index in [-0.39, 0.29) is 22.4 Å². The second-order valence-corrected chi connectivity index (χ2v) is 48.5. The van der Waals surface area contributed by atoms with Crippen molar-refractivity contribution in [2.45, 2.75) is 569 Å². The van der Waals surface area contributed by atoms with Gasteiger partial charge in [0.2, 0.25) is 0 Å². The molecular formula is C108H234O5. The fourth-order valence-corrected chi connectivity index (χ4v) is 8.75. The zero-order valence-corrected chi connectivity index (χ0v) is 90.4. The number of hydrogen-bond acceptors (Lipinski definition) is 5. The van der Waals surface area contributed by atoms with E-state index in [2.05, 4.69) is 411 Å². The van der Waals surface area contributed by atoms with Gasteiger partial charge in [0.05, 0.1) is 35.6 Å². The van der Waals surface area contributed by atoms with Crippen molar-refractivity contribution in [1.82, 2.24) is 0 Å². The maximum Gasteiger partial charge on any atom is 0.0598 e. The van der Waals surface area contributed by atoms with Gasteiger partial charge in [0, 0.05) is 19.8 Å². The molecule has 0 aliphatic rings. The first kappa shape index (κ1) is 138. The normalized spacial score (nSPS) is 13.0. The summed E-state index contributed by atoms with van der Waals surface area (Å²) >= 11 is 0. The highest BCUT2D eigenvalue weighted by atomic mass is 16.5. The molecule has 1 aromatic carbocycles. The Morgan fingerprint density at radius 2 is 0.540 bits per heavy atom. The maximum atomic E-state index is 8.40. The lowest BCUT2D eigenvalue weighted by Crippen LogP contribution is -2.25. The molecule has 0 radical (unpaired) electrons. The number of rotatable bonds is 27. The molecule has 0 amide bonds. The highest BCUT2D eigenvalue weighted by Crippen LogP contribution is 2.37. The third-order valence-corrected chi connectivity index (χ3v) is 17.9. The van der Waals surface area contributed by atoms with Gasteiger partial charge >= 0.3 is 0 Å². The summed E-state index contributed by atoms with van der Waals surface area (Å²) in [7, 11) is 0. The molecule has 0 fully saturated rings. The average Bonchev–Trinajstić information content (AvgIpc) is 0.881. The van der Waals surface area contributed by atoms with E-state index in [0.717, 1.165) is 57.0 Å². The van der Waals surface area contributed by atoms with Crippen molar-refractivity contribution < 1.29 is 24.1 Å². The van der Waals surface area contributed by atoms with Crippen LogP contribution in [0.15, 0.2) is 30.3 Å². The Morgan fingerprint density at radius 3 is 0.681 bits per heavy atom. The molecule has 0 heterocycles. The van der Waals surface area contributed by atoms with Crippen LogP contribution in [0.2, 0.25) is 0 Å². The molecule has 1 aromatic rings. The number of benzene rings is 1. The largest absolute Gasteiger partial charge is 0.396 e. The average molecular weight is 1610 g/mol. The van der Waals surface area contributed by atoms with Crippen LogP contribution in [-0.2, 0) is 24.4 Å². The Hall–Kier alpha value is -0.980. The topological polar surface area (TPSA) is 57.2 Å². The van der Waals surface area contributed by atoms with E-state index < -0.39 is 0 Å². The Balaban J connectivity index is -0.0000000986. The first-order chi connectivity index (χ1) is 50.3. The second-order valence-electron chi connectivity index (χ2n) is 48.5. The summed E-state index contributed by atoms with van der Waals surface area (Å²) in [5.74, 6) is 2.49. The van der Waals surface area contributed by atoms with Crippen LogP contribution in [-0.4, -0.2) is 60.5 Å². The molecule has 5 nitrogen and oxygen atoms in total. The summed E-state index contributed by atoms with van der Waals surface area (Å²) in [5.41, 5.74) is 6.24. The highest BCUT2D eigenvalue weighted by Gasteiger charge is 2.27. The lowest BCUT2D eigenvalue weighted by Gasteiger charge is -2.34. The first-order valence-electron chi connectivity index (χ1n) is 47.5. The van der Waals surface area contributed by atoms with Gasteiger partial charge in [-0.2, -0.15) is 0 Å². The van der Waals surface area contributed by atoms with E-state index in [1.165, 1.54) is 153 Å². The van der Waals surface area contributed by atoms with Gasteiger partial charge in [0.15, 0.2) is 0 Å². The van der Waals surface area contributed by atoms with E-state index in [0.29, 0.717) is 60.8 Å². The van der Waals surface area contributed by atoms with E-state index in [1.807, 2.05) is 0 Å². The molecule has 5 heteroatoms. The highest BCUT2D eigenvalue weighted by molar-refractivity contribution is 5.22. The summed E-state index contributed by atoms with van der Waals surface area (Å²) in [6.45, 7) is 126. The van der Waals surface area contributed by atoms with Crippen LogP contribution in [0.3, 0.4) is 0 Å². The zero-order chi connectivity index (χ0) is 92.9. The van der Waals surface area contributed by atoms with Crippen LogP contribution in [0.4, 0.5) is 0 Å². The minimum Gasteiger partial charge on any atom is -0.396 e. The maximum absolute atomic E-state index is 8.40. The molecule has 0 bridgehead atoms. The summed E-state index contributed by atoms with van der Waals surface area (Å²) < 4.78 is 22.4. The Kier molecular flexibility index (Phi) is 91.4. The zero-order valence-electron chi connectivity index (χ0n) is 90.4. The Bertz CT molecular complexity index is 1860. The summed E-state index contributed by atoms with van der Waals surface area (Å²) in [6.07, 6.45) is 32.4. The number of ether oxygens (including phenoxy) is 4. The Labute approximate surface area is 724 Å². The monoisotopic (exact) mass is 1610 g/mol. The number of unbranched alkanes of at least 4 members (excludes halogenated alkanes) is 5. The van der Waals surface area contributed by atoms with Gasteiger partial charge in [-0.1, -0.05) is 431 Å². The van der Waals surface area contributed by atoms with Crippen LogP contribution < -0.4 is 0 Å². The smallest absolute Gasteiger partial charge is 0.0598 e. The molecule has 0 saturated carbocycles. The van der Waals surface area contributed by atoms with E-state index in [4.69, 9.17) is 24.1 Å². The van der Waals surface area contributed by atoms with Crippen LogP contribution >= 0.6 is 0 Å². The molecule has 113 heavy (non-hydrogen) atoms. The summed E-state index contributed by atoms with van der Waals surface area (Å²) in [6, 6.07) is 10.6. The van der Waals surface area contributed by atoms with E-state index in [9.17, 15) is 0 Å². The molecule has 696 valence electrons. The fourth-order valence-electron chi connectivity index (χ4n) is 8.75. The molecule has 3 atom stereocenters. The van der Waals surface area contributed by atoms with Crippen LogP contribution in [0.25, 0.3) is 0 Å². The van der Waals surface area contributed by atoms with Gasteiger partial charge < -0.3 is 24.1 Å².